The van der Waals surface area contributed by atoms with E-state index >= 15 is 0 Å². The summed E-state index contributed by atoms with van der Waals surface area (Å²) in [6.45, 7) is 3.33. The average molecular weight is 259 g/mol. The van der Waals surface area contributed by atoms with E-state index in [-0.39, 0.29) is 12.4 Å². The van der Waals surface area contributed by atoms with Crippen molar-refractivity contribution in [3.63, 3.8) is 0 Å². The Labute approximate surface area is 113 Å². The Hall–Kier alpha value is -1.71. The van der Waals surface area contributed by atoms with Crippen LogP contribution in [0.5, 0.6) is 0 Å². The summed E-state index contributed by atoms with van der Waals surface area (Å²) in [5, 5.41) is 0. The summed E-state index contributed by atoms with van der Waals surface area (Å²) in [6, 6.07) is 12.7. The maximum Gasteiger partial charge on any atom is 0.128 e. The molecule has 0 aliphatic heterocycles. The lowest BCUT2D eigenvalue weighted by Crippen LogP contribution is -2.01. The van der Waals surface area contributed by atoms with E-state index < -0.39 is 0 Å². The van der Waals surface area contributed by atoms with Crippen LogP contribution in [-0.4, -0.2) is 0 Å². The summed E-state index contributed by atoms with van der Waals surface area (Å²) >= 11 is 0. The number of hydrogen-bond donors (Lipinski definition) is 1. The van der Waals surface area contributed by atoms with Crippen molar-refractivity contribution in [1.29, 1.82) is 0 Å². The number of nitrogens with two attached hydrogens (primary N) is 1. The number of aryl methyl sites for hydroxylation is 1. The molecule has 0 aliphatic carbocycles. The Bertz CT molecular complexity index is 554. The third-order valence-corrected chi connectivity index (χ3v) is 3.12. The Balaban J connectivity index is 1.94. The molecule has 0 saturated carbocycles. The molecule has 2 rings (SSSR count). The minimum absolute atomic E-state index is 0.224. The van der Waals surface area contributed by atoms with Crippen LogP contribution in [0.25, 0.3) is 0 Å². The first-order chi connectivity index (χ1) is 9.20. The zero-order chi connectivity index (χ0) is 13.7. The number of ether oxygens (including phenoxy) is 1. The van der Waals surface area contributed by atoms with Crippen LogP contribution in [0.3, 0.4) is 0 Å². The quantitative estimate of drug-likeness (QED) is 0.894. The van der Waals surface area contributed by atoms with Crippen LogP contribution < -0.4 is 5.73 Å². The van der Waals surface area contributed by atoms with Crippen molar-refractivity contribution in [3.8, 4) is 0 Å². The van der Waals surface area contributed by atoms with Gasteiger partial charge in [-0.3, -0.25) is 0 Å². The lowest BCUT2D eigenvalue weighted by Gasteiger charge is -2.09. The molecule has 0 unspecified atom stereocenters. The average Bonchev–Trinajstić information content (AvgIpc) is 2.42. The van der Waals surface area contributed by atoms with Crippen LogP contribution in [0.1, 0.15) is 22.3 Å². The summed E-state index contributed by atoms with van der Waals surface area (Å²) in [5.41, 5.74) is 9.53. The molecule has 0 bridgehead atoms. The molecule has 19 heavy (non-hydrogen) atoms. The molecule has 2 nitrogen and oxygen atoms in total. The molecule has 0 amide bonds. The predicted octanol–water partition coefficient (Wildman–Crippen LogP) is 3.31. The maximum absolute atomic E-state index is 13.4. The van der Waals surface area contributed by atoms with Gasteiger partial charge >= 0.3 is 0 Å². The minimum atomic E-state index is -0.224. The highest BCUT2D eigenvalue weighted by atomic mass is 19.1. The molecular weight excluding hydrogens is 241 g/mol. The largest absolute Gasteiger partial charge is 0.372 e. The predicted molar refractivity (Wildman–Crippen MR) is 74.0 cm³/mol. The van der Waals surface area contributed by atoms with Crippen molar-refractivity contribution in [2.75, 3.05) is 0 Å². The van der Waals surface area contributed by atoms with Crippen LogP contribution in [0, 0.1) is 12.7 Å². The van der Waals surface area contributed by atoms with Gasteiger partial charge < -0.3 is 10.5 Å². The van der Waals surface area contributed by atoms with E-state index in [2.05, 4.69) is 6.07 Å². The van der Waals surface area contributed by atoms with Crippen LogP contribution >= 0.6 is 0 Å². The van der Waals surface area contributed by atoms with Crippen molar-refractivity contribution in [2.45, 2.75) is 26.7 Å². The van der Waals surface area contributed by atoms with E-state index in [0.717, 1.165) is 16.7 Å². The zero-order valence-corrected chi connectivity index (χ0v) is 11.0. The zero-order valence-electron chi connectivity index (χ0n) is 11.0. The Morgan fingerprint density at radius 3 is 2.47 bits per heavy atom. The fourth-order valence-electron chi connectivity index (χ4n) is 1.93. The monoisotopic (exact) mass is 259 g/mol. The van der Waals surface area contributed by atoms with Gasteiger partial charge in [0.05, 0.1) is 13.2 Å². The van der Waals surface area contributed by atoms with Crippen molar-refractivity contribution < 1.29 is 9.13 Å². The van der Waals surface area contributed by atoms with Crippen molar-refractivity contribution in [2.24, 2.45) is 5.73 Å². The number of benzene rings is 2. The summed E-state index contributed by atoms with van der Waals surface area (Å²) in [5.74, 6) is -0.224. The van der Waals surface area contributed by atoms with Gasteiger partial charge in [-0.25, -0.2) is 4.39 Å². The fraction of sp³-hybridized carbons (Fsp3) is 0.250. The maximum atomic E-state index is 13.4. The van der Waals surface area contributed by atoms with Gasteiger partial charge in [-0.2, -0.15) is 0 Å². The van der Waals surface area contributed by atoms with E-state index in [0.29, 0.717) is 18.7 Å². The van der Waals surface area contributed by atoms with Gasteiger partial charge in [0.15, 0.2) is 0 Å². The SMILES string of the molecule is Cc1cc(CN)ccc1COCc1ccccc1F. The Kier molecular flexibility index (Phi) is 4.66. The standard InChI is InChI=1S/C16H18FNO/c1-12-8-13(9-18)6-7-14(12)10-19-11-15-4-2-3-5-16(15)17/h2-8H,9-11,18H2,1H3. The molecule has 0 heterocycles. The van der Waals surface area contributed by atoms with Crippen LogP contribution in [0.2, 0.25) is 0 Å². The smallest absolute Gasteiger partial charge is 0.128 e. The molecule has 2 aromatic rings. The number of hydrogen-bond acceptors (Lipinski definition) is 2. The summed E-state index contributed by atoms with van der Waals surface area (Å²) < 4.78 is 19.0. The molecule has 0 aromatic heterocycles. The summed E-state index contributed by atoms with van der Waals surface area (Å²) in [7, 11) is 0. The van der Waals surface area contributed by atoms with Crippen molar-refractivity contribution in [1.82, 2.24) is 0 Å². The van der Waals surface area contributed by atoms with Gasteiger partial charge in [-0.05, 0) is 29.7 Å². The van der Waals surface area contributed by atoms with E-state index in [1.54, 1.807) is 12.1 Å². The van der Waals surface area contributed by atoms with Gasteiger partial charge in [0.1, 0.15) is 5.82 Å². The van der Waals surface area contributed by atoms with E-state index in [4.69, 9.17) is 10.5 Å². The van der Waals surface area contributed by atoms with Gasteiger partial charge in [0, 0.05) is 12.1 Å². The summed E-state index contributed by atoms with van der Waals surface area (Å²) in [6.07, 6.45) is 0. The lowest BCUT2D eigenvalue weighted by atomic mass is 10.1. The first-order valence-electron chi connectivity index (χ1n) is 6.30. The molecule has 3 heteroatoms. The normalized spacial score (nSPS) is 10.7. The third-order valence-electron chi connectivity index (χ3n) is 3.12. The van der Waals surface area contributed by atoms with Crippen LogP contribution in [0.15, 0.2) is 42.5 Å². The molecule has 0 spiro atoms. The second kappa shape index (κ2) is 6.45. The van der Waals surface area contributed by atoms with Crippen LogP contribution in [0.4, 0.5) is 4.39 Å². The third kappa shape index (κ3) is 3.63. The molecule has 0 saturated heterocycles. The van der Waals surface area contributed by atoms with Gasteiger partial charge in [0.25, 0.3) is 0 Å². The highest BCUT2D eigenvalue weighted by molar-refractivity contribution is 5.30. The fourth-order valence-corrected chi connectivity index (χ4v) is 1.93. The summed E-state index contributed by atoms with van der Waals surface area (Å²) in [4.78, 5) is 0. The number of rotatable bonds is 5. The molecule has 0 aliphatic rings. The topological polar surface area (TPSA) is 35.2 Å². The van der Waals surface area contributed by atoms with Gasteiger partial charge in [0.2, 0.25) is 0 Å². The second-order valence-corrected chi connectivity index (χ2v) is 4.55. The molecule has 0 fully saturated rings. The minimum Gasteiger partial charge on any atom is -0.372 e. The Morgan fingerprint density at radius 2 is 1.79 bits per heavy atom. The second-order valence-electron chi connectivity index (χ2n) is 4.55. The van der Waals surface area contributed by atoms with Crippen molar-refractivity contribution in [3.05, 3.63) is 70.5 Å². The molecule has 2 N–H and O–H groups in total. The first-order valence-corrected chi connectivity index (χ1v) is 6.30. The lowest BCUT2D eigenvalue weighted by molar-refractivity contribution is 0.104. The molecule has 0 atom stereocenters. The molecule has 0 radical (unpaired) electrons. The molecular formula is C16H18FNO. The highest BCUT2D eigenvalue weighted by Gasteiger charge is 2.03. The van der Waals surface area contributed by atoms with Crippen molar-refractivity contribution >= 4 is 0 Å². The van der Waals surface area contributed by atoms with E-state index in [9.17, 15) is 4.39 Å². The Morgan fingerprint density at radius 1 is 1.05 bits per heavy atom. The first kappa shape index (κ1) is 13.7. The molecule has 100 valence electrons. The number of halogens is 1. The highest BCUT2D eigenvalue weighted by Crippen LogP contribution is 2.14. The van der Waals surface area contributed by atoms with Gasteiger partial charge in [-0.15, -0.1) is 0 Å². The van der Waals surface area contributed by atoms with Crippen LogP contribution in [-0.2, 0) is 24.5 Å². The molecule has 2 aromatic carbocycles. The van der Waals surface area contributed by atoms with E-state index in [1.165, 1.54) is 6.07 Å². The van der Waals surface area contributed by atoms with E-state index in [1.807, 2.05) is 25.1 Å². The van der Waals surface area contributed by atoms with Gasteiger partial charge in [-0.1, -0.05) is 36.4 Å².